The van der Waals surface area contributed by atoms with Crippen molar-refractivity contribution in [3.63, 3.8) is 0 Å². The number of aliphatic carboxylic acids is 1. The van der Waals surface area contributed by atoms with Crippen LogP contribution in [0.3, 0.4) is 0 Å². The van der Waals surface area contributed by atoms with E-state index in [0.717, 1.165) is 49.2 Å². The highest BCUT2D eigenvalue weighted by Crippen LogP contribution is 2.54. The van der Waals surface area contributed by atoms with Crippen LogP contribution in [0.1, 0.15) is 53.0 Å². The summed E-state index contributed by atoms with van der Waals surface area (Å²) in [6.45, 7) is 3.86. The summed E-state index contributed by atoms with van der Waals surface area (Å²) in [4.78, 5) is 31.7. The molecule has 2 aromatic carbocycles. The molecule has 39 heavy (non-hydrogen) atoms. The van der Waals surface area contributed by atoms with Gasteiger partial charge in [-0.25, -0.2) is 4.98 Å². The van der Waals surface area contributed by atoms with E-state index in [4.69, 9.17) is 4.98 Å². The second-order valence-electron chi connectivity index (χ2n) is 10.8. The molecule has 2 N–H and O–H groups in total. The quantitative estimate of drug-likeness (QED) is 0.290. The van der Waals surface area contributed by atoms with E-state index >= 15 is 0 Å². The van der Waals surface area contributed by atoms with Gasteiger partial charge < -0.3 is 10.4 Å². The number of fused-ring (bicyclic) bond motifs is 3. The Morgan fingerprint density at radius 1 is 1.03 bits per heavy atom. The van der Waals surface area contributed by atoms with Crippen LogP contribution >= 0.6 is 15.9 Å². The lowest BCUT2D eigenvalue weighted by atomic mass is 9.58. The fourth-order valence-corrected chi connectivity index (χ4v) is 6.74. The average molecular weight is 586 g/mol. The summed E-state index contributed by atoms with van der Waals surface area (Å²) in [5, 5.41) is 18.9. The van der Waals surface area contributed by atoms with Gasteiger partial charge >= 0.3 is 5.97 Å². The van der Waals surface area contributed by atoms with E-state index in [1.54, 1.807) is 4.68 Å². The lowest BCUT2D eigenvalue weighted by Crippen LogP contribution is -2.57. The number of nitrogens with one attached hydrogen (secondary N) is 1. The van der Waals surface area contributed by atoms with Gasteiger partial charge in [-0.1, -0.05) is 52.3 Å². The third kappa shape index (κ3) is 4.09. The number of benzene rings is 2. The van der Waals surface area contributed by atoms with Crippen molar-refractivity contribution in [1.82, 2.24) is 20.1 Å². The normalized spacial score (nSPS) is 22.1. The first-order valence-corrected chi connectivity index (χ1v) is 13.9. The van der Waals surface area contributed by atoms with Crippen molar-refractivity contribution in [3.8, 4) is 11.3 Å². The second kappa shape index (κ2) is 9.16. The molecule has 2 aromatic heterocycles. The average Bonchev–Trinajstić information content (AvgIpc) is 3.26. The molecule has 3 aliphatic rings. The van der Waals surface area contributed by atoms with E-state index in [9.17, 15) is 14.7 Å². The maximum absolute atomic E-state index is 14.4. The monoisotopic (exact) mass is 584 g/mol. The number of carbonyl (C=O) groups excluding carboxylic acids is 1. The molecule has 1 amide bonds. The van der Waals surface area contributed by atoms with Gasteiger partial charge in [-0.2, -0.15) is 5.10 Å². The molecule has 0 saturated heterocycles. The lowest BCUT2D eigenvalue weighted by molar-refractivity contribution is -0.148. The van der Waals surface area contributed by atoms with E-state index < -0.39 is 16.9 Å². The number of nitrogens with zero attached hydrogens (tertiary/aromatic N) is 3. The molecule has 7 nitrogen and oxygen atoms in total. The van der Waals surface area contributed by atoms with Gasteiger partial charge in [-0.15, -0.1) is 0 Å². The van der Waals surface area contributed by atoms with Crippen molar-refractivity contribution < 1.29 is 14.7 Å². The van der Waals surface area contributed by atoms with E-state index in [1.807, 2.05) is 81.6 Å². The standard InChI is InChI=1S/C31H29BrN4O3/c1-18-15-25(36(3)35-18)23-17-30(29(38)39)11-13-31(23,14-12-30)34-28(37)26-19(2)27(20-7-5-4-6-8-20)33-24-10-9-21(32)16-22(24)26/h4-10,15-17H,11-14H2,1-3H3,(H,34,37)(H,38,39). The number of pyridine rings is 1. The predicted octanol–water partition coefficient (Wildman–Crippen LogP) is 6.23. The molecule has 8 heteroatoms. The van der Waals surface area contributed by atoms with Crippen LogP contribution in [0.2, 0.25) is 0 Å². The number of hydrogen-bond acceptors (Lipinski definition) is 4. The fourth-order valence-electron chi connectivity index (χ4n) is 6.38. The zero-order valence-corrected chi connectivity index (χ0v) is 23.7. The molecule has 4 aromatic rings. The SMILES string of the molecule is Cc1cc(C2=CC3(C(=O)O)CCC2(NC(=O)c2c(C)c(-c4ccccc4)nc4ccc(Br)cc24)CC3)n(C)n1. The zero-order valence-electron chi connectivity index (χ0n) is 22.1. The van der Waals surface area contributed by atoms with Crippen molar-refractivity contribution >= 4 is 44.3 Å². The van der Waals surface area contributed by atoms with Gasteiger partial charge in [-0.05, 0) is 74.9 Å². The molecular formula is C31H29BrN4O3. The minimum Gasteiger partial charge on any atom is -0.481 e. The molecule has 0 radical (unpaired) electrons. The minimum absolute atomic E-state index is 0.190. The number of carbonyl (C=O) groups is 2. The van der Waals surface area contributed by atoms with Crippen molar-refractivity contribution in [2.45, 2.75) is 45.1 Å². The molecule has 198 valence electrons. The molecule has 2 bridgehead atoms. The number of hydrogen-bond donors (Lipinski definition) is 2. The Morgan fingerprint density at radius 3 is 2.38 bits per heavy atom. The molecule has 0 aliphatic heterocycles. The number of aromatic nitrogens is 3. The lowest BCUT2D eigenvalue weighted by Gasteiger charge is -2.50. The Balaban J connectivity index is 1.51. The Labute approximate surface area is 235 Å². The van der Waals surface area contributed by atoms with Crippen LogP contribution in [0.15, 0.2) is 65.1 Å². The Kier molecular flexibility index (Phi) is 5.99. The van der Waals surface area contributed by atoms with Gasteiger partial charge in [0, 0.05) is 22.5 Å². The maximum atomic E-state index is 14.4. The summed E-state index contributed by atoms with van der Waals surface area (Å²) < 4.78 is 2.65. The van der Waals surface area contributed by atoms with Gasteiger partial charge in [0.05, 0.1) is 39.1 Å². The van der Waals surface area contributed by atoms with E-state index in [1.165, 1.54) is 0 Å². The van der Waals surface area contributed by atoms with Gasteiger partial charge in [0.15, 0.2) is 0 Å². The number of carboxylic acid groups (broad SMARTS) is 1. The largest absolute Gasteiger partial charge is 0.481 e. The topological polar surface area (TPSA) is 97.1 Å². The molecular weight excluding hydrogens is 556 g/mol. The molecule has 3 aliphatic carbocycles. The number of aryl methyl sites for hydroxylation is 2. The van der Waals surface area contributed by atoms with E-state index in [0.29, 0.717) is 31.2 Å². The Bertz CT molecular complexity index is 1680. The molecule has 0 atom stereocenters. The van der Waals surface area contributed by atoms with Crippen molar-refractivity contribution in [3.05, 3.63) is 87.7 Å². The first-order chi connectivity index (χ1) is 18.6. The fraction of sp³-hybridized carbons (Fsp3) is 0.290. The highest BCUT2D eigenvalue weighted by Gasteiger charge is 2.54. The van der Waals surface area contributed by atoms with Crippen LogP contribution < -0.4 is 5.32 Å². The maximum Gasteiger partial charge on any atom is 0.313 e. The van der Waals surface area contributed by atoms with Crippen molar-refractivity contribution in [2.75, 3.05) is 0 Å². The summed E-state index contributed by atoms with van der Waals surface area (Å²) >= 11 is 3.57. The summed E-state index contributed by atoms with van der Waals surface area (Å²) in [6, 6.07) is 17.6. The van der Waals surface area contributed by atoms with Gasteiger partial charge in [0.1, 0.15) is 0 Å². The molecule has 1 saturated carbocycles. The van der Waals surface area contributed by atoms with Crippen LogP contribution in [0.4, 0.5) is 0 Å². The third-order valence-corrected chi connectivity index (χ3v) is 8.95. The molecule has 7 rings (SSSR count). The number of rotatable bonds is 5. The van der Waals surface area contributed by atoms with Crippen molar-refractivity contribution in [1.29, 1.82) is 0 Å². The minimum atomic E-state index is -0.926. The number of carboxylic acids is 1. The molecule has 0 spiro atoms. The third-order valence-electron chi connectivity index (χ3n) is 8.45. The Morgan fingerprint density at radius 2 is 1.74 bits per heavy atom. The Hall–Kier alpha value is -3.78. The summed E-state index contributed by atoms with van der Waals surface area (Å²) in [6.07, 6.45) is 3.90. The first kappa shape index (κ1) is 25.5. The van der Waals surface area contributed by atoms with Crippen LogP contribution in [0, 0.1) is 19.3 Å². The van der Waals surface area contributed by atoms with Crippen LogP contribution in [-0.2, 0) is 11.8 Å². The first-order valence-electron chi connectivity index (χ1n) is 13.1. The highest BCUT2D eigenvalue weighted by atomic mass is 79.9. The molecule has 1 fully saturated rings. The summed E-state index contributed by atoms with van der Waals surface area (Å²) in [5.41, 5.74) is 4.71. The predicted molar refractivity (Wildman–Crippen MR) is 154 cm³/mol. The number of halogens is 1. The zero-order chi connectivity index (χ0) is 27.5. The van der Waals surface area contributed by atoms with E-state index in [-0.39, 0.29) is 5.91 Å². The smallest absolute Gasteiger partial charge is 0.313 e. The summed E-state index contributed by atoms with van der Waals surface area (Å²) in [7, 11) is 1.86. The van der Waals surface area contributed by atoms with Crippen LogP contribution in [0.5, 0.6) is 0 Å². The second-order valence-corrected chi connectivity index (χ2v) is 11.8. The molecule has 2 heterocycles. The molecule has 0 unspecified atom stereocenters. The van der Waals surface area contributed by atoms with Crippen molar-refractivity contribution in [2.24, 2.45) is 12.5 Å². The van der Waals surface area contributed by atoms with Crippen LogP contribution in [0.25, 0.3) is 27.7 Å². The number of amides is 1. The van der Waals surface area contributed by atoms with Crippen LogP contribution in [-0.4, -0.2) is 37.3 Å². The highest BCUT2D eigenvalue weighted by molar-refractivity contribution is 9.10. The summed E-state index contributed by atoms with van der Waals surface area (Å²) in [5.74, 6) is -1.00. The van der Waals surface area contributed by atoms with Gasteiger partial charge in [0.25, 0.3) is 5.91 Å². The van der Waals surface area contributed by atoms with E-state index in [2.05, 4.69) is 26.3 Å². The van der Waals surface area contributed by atoms with Gasteiger partial charge in [0.2, 0.25) is 0 Å². The van der Waals surface area contributed by atoms with Gasteiger partial charge in [-0.3, -0.25) is 14.3 Å².